The summed E-state index contributed by atoms with van der Waals surface area (Å²) in [6.07, 6.45) is -2.34. The van der Waals surface area contributed by atoms with Crippen LogP contribution in [-0.2, 0) is 11.3 Å². The van der Waals surface area contributed by atoms with Crippen LogP contribution in [0.3, 0.4) is 0 Å². The molecule has 0 saturated carbocycles. The molecule has 0 saturated heterocycles. The highest BCUT2D eigenvalue weighted by atomic mass is 35.5. The number of nitrogens with zero attached hydrogens (tertiary/aromatic N) is 2. The van der Waals surface area contributed by atoms with Gasteiger partial charge in [0.25, 0.3) is 0 Å². The van der Waals surface area contributed by atoms with Crippen LogP contribution in [0.4, 0.5) is 13.2 Å². The lowest BCUT2D eigenvalue weighted by Gasteiger charge is -2.28. The van der Waals surface area contributed by atoms with E-state index in [1.807, 2.05) is 11.8 Å². The molecule has 1 aliphatic rings. The summed E-state index contributed by atoms with van der Waals surface area (Å²) in [4.78, 5) is 17.6. The first-order chi connectivity index (χ1) is 12.2. The first-order valence-corrected chi connectivity index (χ1v) is 8.29. The number of fused-ring (bicyclic) bond motifs is 1. The molecule has 0 fully saturated rings. The summed E-state index contributed by atoms with van der Waals surface area (Å²) in [6.45, 7) is 3.88. The summed E-state index contributed by atoms with van der Waals surface area (Å²) in [5.41, 5.74) is 2.75. The van der Waals surface area contributed by atoms with Gasteiger partial charge in [0.2, 0.25) is 0 Å². The minimum Gasteiger partial charge on any atom is -0.406 e. The number of hydrogen-bond acceptors (Lipinski definition) is 4. The van der Waals surface area contributed by atoms with Gasteiger partial charge in [0.05, 0.1) is 6.04 Å². The largest absolute Gasteiger partial charge is 0.573 e. The normalized spacial score (nSPS) is 18.5. The molecular weight excluding hydrogens is 369 g/mol. The van der Waals surface area contributed by atoms with E-state index in [1.54, 1.807) is 31.3 Å². The first-order valence-electron chi connectivity index (χ1n) is 7.92. The molecule has 0 N–H and O–H groups in total. The van der Waals surface area contributed by atoms with Crippen molar-refractivity contribution in [2.24, 2.45) is 0 Å². The van der Waals surface area contributed by atoms with Crippen LogP contribution in [0.2, 0.25) is 5.15 Å². The number of alkyl halides is 3. The van der Waals surface area contributed by atoms with Crippen LogP contribution < -0.4 is 4.74 Å². The Balaban J connectivity index is 1.88. The van der Waals surface area contributed by atoms with Crippen LogP contribution in [-0.4, -0.2) is 22.5 Å². The van der Waals surface area contributed by atoms with Crippen LogP contribution >= 0.6 is 11.6 Å². The van der Waals surface area contributed by atoms with E-state index in [9.17, 15) is 18.0 Å². The summed E-state index contributed by atoms with van der Waals surface area (Å²) in [6, 6.07) is 5.57. The van der Waals surface area contributed by atoms with Crippen LogP contribution in [0.5, 0.6) is 5.75 Å². The van der Waals surface area contributed by atoms with E-state index in [2.05, 4.69) is 9.72 Å². The van der Waals surface area contributed by atoms with Crippen molar-refractivity contribution in [1.82, 2.24) is 9.88 Å². The lowest BCUT2D eigenvalue weighted by molar-refractivity contribution is -0.274. The van der Waals surface area contributed by atoms with Gasteiger partial charge in [-0.05, 0) is 42.7 Å². The second-order valence-corrected chi connectivity index (χ2v) is 6.53. The number of ether oxygens (including phenoxy) is 1. The minimum atomic E-state index is -4.74. The Kier molecular flexibility index (Phi) is 4.94. The highest BCUT2D eigenvalue weighted by Gasteiger charge is 2.36. The number of aromatic nitrogens is 1. The van der Waals surface area contributed by atoms with E-state index in [4.69, 9.17) is 11.6 Å². The van der Waals surface area contributed by atoms with Gasteiger partial charge in [-0.1, -0.05) is 23.7 Å². The number of aldehydes is 1. The molecule has 1 aromatic carbocycles. The number of pyridine rings is 1. The Labute approximate surface area is 153 Å². The van der Waals surface area contributed by atoms with Crippen molar-refractivity contribution >= 4 is 17.9 Å². The molecule has 1 aliphatic heterocycles. The lowest BCUT2D eigenvalue weighted by Crippen LogP contribution is -2.26. The van der Waals surface area contributed by atoms with Crippen molar-refractivity contribution in [3.8, 4) is 5.75 Å². The number of halogens is 4. The van der Waals surface area contributed by atoms with Crippen molar-refractivity contribution in [3.05, 3.63) is 57.9 Å². The summed E-state index contributed by atoms with van der Waals surface area (Å²) in [5, 5.41) is 0.356. The molecule has 0 radical (unpaired) electrons. The molecule has 0 bridgehead atoms. The molecule has 4 nitrogen and oxygen atoms in total. The molecular formula is C18H16ClF3N2O2. The molecule has 1 aromatic heterocycles. The van der Waals surface area contributed by atoms with Gasteiger partial charge >= 0.3 is 6.36 Å². The second kappa shape index (κ2) is 6.89. The Morgan fingerprint density at radius 1 is 1.38 bits per heavy atom. The third-order valence-corrected chi connectivity index (χ3v) is 4.92. The average Bonchev–Trinajstić information content (AvgIpc) is 2.95. The number of carbonyl (C=O) groups excluding carboxylic acids is 1. The Morgan fingerprint density at radius 3 is 2.73 bits per heavy atom. The minimum absolute atomic E-state index is 0.215. The van der Waals surface area contributed by atoms with Gasteiger partial charge in [-0.3, -0.25) is 4.90 Å². The molecule has 138 valence electrons. The molecule has 2 atom stereocenters. The van der Waals surface area contributed by atoms with Crippen molar-refractivity contribution in [3.63, 3.8) is 0 Å². The van der Waals surface area contributed by atoms with Gasteiger partial charge in [0.1, 0.15) is 17.2 Å². The smallest absolute Gasteiger partial charge is 0.406 e. The zero-order valence-electron chi connectivity index (χ0n) is 14.0. The lowest BCUT2D eigenvalue weighted by atomic mass is 10.0. The van der Waals surface area contributed by atoms with Gasteiger partial charge in [-0.25, -0.2) is 4.98 Å². The van der Waals surface area contributed by atoms with E-state index in [1.165, 1.54) is 6.07 Å². The fourth-order valence-corrected chi connectivity index (χ4v) is 3.49. The first kappa shape index (κ1) is 18.7. The summed E-state index contributed by atoms with van der Waals surface area (Å²) in [7, 11) is 0. The van der Waals surface area contributed by atoms with Crippen molar-refractivity contribution in [1.29, 1.82) is 0 Å². The number of rotatable bonds is 4. The monoisotopic (exact) mass is 384 g/mol. The molecule has 0 spiro atoms. The summed E-state index contributed by atoms with van der Waals surface area (Å²) < 4.78 is 41.3. The third-order valence-electron chi connectivity index (χ3n) is 4.59. The predicted molar refractivity (Wildman–Crippen MR) is 89.9 cm³/mol. The van der Waals surface area contributed by atoms with E-state index in [0.717, 1.165) is 23.0 Å². The molecule has 26 heavy (non-hydrogen) atoms. The fraction of sp³-hybridized carbons (Fsp3) is 0.333. The van der Waals surface area contributed by atoms with Crippen LogP contribution in [0.1, 0.15) is 41.3 Å². The number of aryl methyl sites for hydroxylation is 1. The quantitative estimate of drug-likeness (QED) is 0.563. The highest BCUT2D eigenvalue weighted by Crippen LogP contribution is 2.41. The van der Waals surface area contributed by atoms with E-state index >= 15 is 0 Å². The molecule has 2 heterocycles. The van der Waals surface area contributed by atoms with Gasteiger partial charge in [0, 0.05) is 24.3 Å². The molecule has 2 unspecified atom stereocenters. The van der Waals surface area contributed by atoms with Gasteiger partial charge in [-0.15, -0.1) is 13.2 Å². The van der Waals surface area contributed by atoms with Crippen molar-refractivity contribution in [2.45, 2.75) is 38.8 Å². The maximum atomic E-state index is 12.4. The maximum Gasteiger partial charge on any atom is 0.573 e. The third kappa shape index (κ3) is 3.54. The van der Waals surface area contributed by atoms with Crippen LogP contribution in [0.15, 0.2) is 30.5 Å². The predicted octanol–water partition coefficient (Wildman–Crippen LogP) is 4.76. The maximum absolute atomic E-state index is 12.4. The molecule has 2 aromatic rings. The van der Waals surface area contributed by atoms with Gasteiger partial charge in [-0.2, -0.15) is 0 Å². The molecule has 0 aliphatic carbocycles. The van der Waals surface area contributed by atoms with Crippen molar-refractivity contribution in [2.75, 3.05) is 0 Å². The Hall–Kier alpha value is -2.12. The van der Waals surface area contributed by atoms with E-state index < -0.39 is 12.4 Å². The zero-order chi connectivity index (χ0) is 19.1. The molecule has 3 rings (SSSR count). The number of carbonyl (C=O) groups is 1. The SMILES string of the molecule is Cc1cc(C(C)N2Cc3c(ccnc3Cl)C2C=O)ccc1OC(F)(F)F. The number of benzene rings is 1. The average molecular weight is 385 g/mol. The van der Waals surface area contributed by atoms with E-state index in [-0.39, 0.29) is 11.8 Å². The topological polar surface area (TPSA) is 42.4 Å². The summed E-state index contributed by atoms with van der Waals surface area (Å²) >= 11 is 6.14. The van der Waals surface area contributed by atoms with Crippen molar-refractivity contribution < 1.29 is 22.7 Å². The summed E-state index contributed by atoms with van der Waals surface area (Å²) in [5.74, 6) is -0.239. The standard InChI is InChI=1S/C18H16ClF3N2O2/c1-10-7-12(3-4-16(10)26-18(20,21)22)11(2)24-8-14-13(15(24)9-25)5-6-23-17(14)19/h3-7,9,11,15H,8H2,1-2H3. The molecule has 0 amide bonds. The van der Waals surface area contributed by atoms with Crippen LogP contribution in [0, 0.1) is 6.92 Å². The number of hydrogen-bond donors (Lipinski definition) is 0. The Morgan fingerprint density at radius 2 is 2.12 bits per heavy atom. The van der Waals surface area contributed by atoms with Crippen LogP contribution in [0.25, 0.3) is 0 Å². The fourth-order valence-electron chi connectivity index (χ4n) is 3.27. The Bertz CT molecular complexity index is 842. The van der Waals surface area contributed by atoms with Gasteiger partial charge in [0.15, 0.2) is 0 Å². The second-order valence-electron chi connectivity index (χ2n) is 6.17. The van der Waals surface area contributed by atoms with E-state index in [0.29, 0.717) is 17.3 Å². The molecule has 8 heteroatoms. The zero-order valence-corrected chi connectivity index (χ0v) is 14.8. The van der Waals surface area contributed by atoms with Gasteiger partial charge < -0.3 is 9.53 Å². The highest BCUT2D eigenvalue weighted by molar-refractivity contribution is 6.30.